The number of H-pyrrole nitrogens is 1. The van der Waals surface area contributed by atoms with Crippen molar-refractivity contribution < 1.29 is 9.18 Å². The molecule has 0 aliphatic carbocycles. The summed E-state index contributed by atoms with van der Waals surface area (Å²) in [4.78, 5) is 15.1. The highest BCUT2D eigenvalue weighted by Crippen LogP contribution is 2.19. The third-order valence-corrected chi connectivity index (χ3v) is 2.99. The summed E-state index contributed by atoms with van der Waals surface area (Å²) in [5, 5.41) is 7.55. The number of halogens is 1. The summed E-state index contributed by atoms with van der Waals surface area (Å²) in [7, 11) is 0. The van der Waals surface area contributed by atoms with Crippen molar-refractivity contribution in [2.45, 2.75) is 0 Å². The van der Waals surface area contributed by atoms with Crippen molar-refractivity contribution in [1.82, 2.24) is 15.2 Å². The number of hydrogen-bond acceptors (Lipinski definition) is 3. The predicted octanol–water partition coefficient (Wildman–Crippen LogP) is 2.17. The number of fused-ring (bicyclic) bond motifs is 1. The maximum Gasteiger partial charge on any atom is 0.269 e. The Morgan fingerprint density at radius 2 is 2.05 bits per heavy atom. The topological polar surface area (TPSA) is 84.7 Å². The number of carbonyl (C=O) groups is 1. The van der Waals surface area contributed by atoms with E-state index < -0.39 is 5.91 Å². The molecule has 0 saturated carbocycles. The van der Waals surface area contributed by atoms with Gasteiger partial charge in [0.15, 0.2) is 5.69 Å². The Morgan fingerprint density at radius 1 is 1.29 bits per heavy atom. The fraction of sp³-hybridized carbons (Fsp3) is 0. The maximum atomic E-state index is 12.8. The quantitative estimate of drug-likeness (QED) is 0.771. The SMILES string of the molecule is NC(=O)c1n[c]cc2c(/C=C/c3ccc(F)cc3)n[nH]c12. The number of hydrogen-bond donors (Lipinski definition) is 2. The van der Waals surface area contributed by atoms with Gasteiger partial charge >= 0.3 is 0 Å². The van der Waals surface area contributed by atoms with Crippen LogP contribution in [0.15, 0.2) is 30.3 Å². The second-order valence-electron chi connectivity index (χ2n) is 4.38. The zero-order valence-corrected chi connectivity index (χ0v) is 10.8. The van der Waals surface area contributed by atoms with Crippen LogP contribution in [0, 0.1) is 12.0 Å². The number of aromatic nitrogens is 3. The van der Waals surface area contributed by atoms with Gasteiger partial charge in [-0.05, 0) is 29.8 Å². The molecule has 3 rings (SSSR count). The number of primary amides is 1. The monoisotopic (exact) mass is 281 g/mol. The molecule has 1 amide bonds. The Bertz CT molecular complexity index is 837. The van der Waals surface area contributed by atoms with E-state index in [-0.39, 0.29) is 11.5 Å². The molecule has 3 N–H and O–H groups in total. The van der Waals surface area contributed by atoms with Gasteiger partial charge < -0.3 is 5.73 Å². The van der Waals surface area contributed by atoms with Crippen LogP contribution in [0.1, 0.15) is 21.7 Å². The van der Waals surface area contributed by atoms with Crippen LogP contribution in [0.3, 0.4) is 0 Å². The number of carbonyl (C=O) groups excluding carboxylic acids is 1. The first-order chi connectivity index (χ1) is 10.1. The highest BCUT2D eigenvalue weighted by atomic mass is 19.1. The third kappa shape index (κ3) is 2.51. The first-order valence-electron chi connectivity index (χ1n) is 6.14. The molecule has 2 aromatic heterocycles. The Kier molecular flexibility index (Phi) is 3.19. The first-order valence-corrected chi connectivity index (χ1v) is 6.14. The van der Waals surface area contributed by atoms with Gasteiger partial charge in [-0.2, -0.15) is 5.10 Å². The van der Waals surface area contributed by atoms with E-state index in [0.717, 1.165) is 5.56 Å². The van der Waals surface area contributed by atoms with Crippen molar-refractivity contribution in [3.8, 4) is 0 Å². The fourth-order valence-corrected chi connectivity index (χ4v) is 1.96. The van der Waals surface area contributed by atoms with Crippen LogP contribution in [-0.4, -0.2) is 21.1 Å². The molecule has 5 nitrogen and oxygen atoms in total. The molecule has 1 aromatic carbocycles. The van der Waals surface area contributed by atoms with Crippen molar-refractivity contribution in [3.05, 3.63) is 59.3 Å². The van der Waals surface area contributed by atoms with E-state index in [4.69, 9.17) is 5.73 Å². The van der Waals surface area contributed by atoms with Gasteiger partial charge in [-0.1, -0.05) is 18.2 Å². The predicted molar refractivity (Wildman–Crippen MR) is 76.6 cm³/mol. The van der Waals surface area contributed by atoms with Crippen molar-refractivity contribution in [2.24, 2.45) is 5.73 Å². The Balaban J connectivity index is 2.00. The van der Waals surface area contributed by atoms with Gasteiger partial charge in [0.25, 0.3) is 5.91 Å². The molecule has 0 fully saturated rings. The van der Waals surface area contributed by atoms with Gasteiger partial charge in [-0.3, -0.25) is 9.89 Å². The van der Waals surface area contributed by atoms with Crippen LogP contribution in [0.5, 0.6) is 0 Å². The Morgan fingerprint density at radius 3 is 2.76 bits per heavy atom. The van der Waals surface area contributed by atoms with Gasteiger partial charge in [0.1, 0.15) is 5.82 Å². The fourth-order valence-electron chi connectivity index (χ4n) is 1.96. The van der Waals surface area contributed by atoms with E-state index in [9.17, 15) is 9.18 Å². The lowest BCUT2D eigenvalue weighted by molar-refractivity contribution is 0.0997. The summed E-state index contributed by atoms with van der Waals surface area (Å²) in [6, 6.07) is 7.69. The minimum atomic E-state index is -0.644. The average Bonchev–Trinajstić information content (AvgIpc) is 2.89. The lowest BCUT2D eigenvalue weighted by Crippen LogP contribution is -2.13. The van der Waals surface area contributed by atoms with Crippen LogP contribution in [-0.2, 0) is 0 Å². The Hall–Kier alpha value is -3.02. The zero-order chi connectivity index (χ0) is 14.8. The maximum absolute atomic E-state index is 12.8. The molecule has 3 aromatic rings. The summed E-state index contributed by atoms with van der Waals surface area (Å²) in [6.45, 7) is 0. The van der Waals surface area contributed by atoms with Gasteiger partial charge in [-0.25, -0.2) is 9.37 Å². The number of aromatic amines is 1. The molecule has 1 radical (unpaired) electrons. The van der Waals surface area contributed by atoms with Crippen LogP contribution in [0.4, 0.5) is 4.39 Å². The molecule has 0 saturated heterocycles. The van der Waals surface area contributed by atoms with Gasteiger partial charge in [0.05, 0.1) is 17.4 Å². The molecule has 0 atom stereocenters. The molecule has 2 heterocycles. The van der Waals surface area contributed by atoms with Gasteiger partial charge in [0.2, 0.25) is 0 Å². The Labute approximate surface area is 119 Å². The van der Waals surface area contributed by atoms with Gasteiger partial charge in [-0.15, -0.1) is 0 Å². The van der Waals surface area contributed by atoms with Crippen LogP contribution < -0.4 is 5.73 Å². The van der Waals surface area contributed by atoms with E-state index in [1.54, 1.807) is 30.4 Å². The molecule has 6 heteroatoms. The largest absolute Gasteiger partial charge is 0.364 e. The number of rotatable bonds is 3. The molecule has 0 unspecified atom stereocenters. The van der Waals surface area contributed by atoms with E-state index in [0.29, 0.717) is 16.6 Å². The van der Waals surface area contributed by atoms with Crippen LogP contribution in [0.2, 0.25) is 0 Å². The summed E-state index contributed by atoms with van der Waals surface area (Å²) >= 11 is 0. The number of nitrogens with one attached hydrogen (secondary N) is 1. The zero-order valence-electron chi connectivity index (χ0n) is 10.8. The van der Waals surface area contributed by atoms with Crippen molar-refractivity contribution >= 4 is 29.0 Å². The molecule has 21 heavy (non-hydrogen) atoms. The van der Waals surface area contributed by atoms with Gasteiger partial charge in [0, 0.05) is 5.39 Å². The number of benzene rings is 1. The average molecular weight is 281 g/mol. The first kappa shape index (κ1) is 13.0. The minimum absolute atomic E-state index is 0.0985. The number of amides is 1. The summed E-state index contributed by atoms with van der Waals surface area (Å²) in [6.07, 6.45) is 6.17. The van der Waals surface area contributed by atoms with E-state index >= 15 is 0 Å². The molecular weight excluding hydrogens is 271 g/mol. The highest BCUT2D eigenvalue weighted by molar-refractivity contribution is 6.04. The summed E-state index contributed by atoms with van der Waals surface area (Å²) < 4.78 is 12.8. The molecule has 0 bridgehead atoms. The standard InChI is InChI=1S/C15H10FN4O/c16-10-4-1-9(2-5-10)3-6-12-11-7-8-18-14(15(17)21)13(11)20-19-12/h1-7H,(H2,17,21)(H,19,20)/b6-3+. The number of pyridine rings is 1. The third-order valence-electron chi connectivity index (χ3n) is 2.99. The van der Waals surface area contributed by atoms with Crippen LogP contribution in [0.25, 0.3) is 23.1 Å². The molecular formula is C15H10FN4O. The molecule has 0 aliphatic heterocycles. The van der Waals surface area contributed by atoms with Crippen molar-refractivity contribution in [2.75, 3.05) is 0 Å². The van der Waals surface area contributed by atoms with E-state index in [1.165, 1.54) is 12.1 Å². The second-order valence-corrected chi connectivity index (χ2v) is 4.38. The molecule has 0 spiro atoms. The van der Waals surface area contributed by atoms with Crippen molar-refractivity contribution in [1.29, 1.82) is 0 Å². The van der Waals surface area contributed by atoms with E-state index in [2.05, 4.69) is 21.4 Å². The second kappa shape index (κ2) is 5.16. The molecule has 103 valence electrons. The number of nitrogens with zero attached hydrogens (tertiary/aromatic N) is 2. The van der Waals surface area contributed by atoms with Crippen molar-refractivity contribution in [3.63, 3.8) is 0 Å². The smallest absolute Gasteiger partial charge is 0.269 e. The summed E-state index contributed by atoms with van der Waals surface area (Å²) in [5.74, 6) is -0.932. The lowest BCUT2D eigenvalue weighted by Gasteiger charge is -1.95. The summed E-state index contributed by atoms with van der Waals surface area (Å²) in [5.41, 5.74) is 7.27. The van der Waals surface area contributed by atoms with Crippen LogP contribution >= 0.6 is 0 Å². The number of nitrogens with two attached hydrogens (primary N) is 1. The normalized spacial score (nSPS) is 11.3. The molecule has 0 aliphatic rings. The van der Waals surface area contributed by atoms with E-state index in [1.807, 2.05) is 0 Å². The highest BCUT2D eigenvalue weighted by Gasteiger charge is 2.12. The lowest BCUT2D eigenvalue weighted by atomic mass is 10.1. The minimum Gasteiger partial charge on any atom is -0.364 e.